The molecule has 0 N–H and O–H groups in total. The summed E-state index contributed by atoms with van der Waals surface area (Å²) in [4.78, 5) is 38.2. The summed E-state index contributed by atoms with van der Waals surface area (Å²) in [7, 11) is 0. The van der Waals surface area contributed by atoms with E-state index >= 15 is 0 Å². The monoisotopic (exact) mass is 1070 g/mol. The molecule has 1 atom stereocenters. The van der Waals surface area contributed by atoms with E-state index in [2.05, 4.69) is 130 Å². The maximum Gasteiger partial charge on any atom is 0.306 e. The summed E-state index contributed by atoms with van der Waals surface area (Å²) in [6.07, 6.45) is 88.4. The molecule has 0 heterocycles. The minimum Gasteiger partial charge on any atom is -0.462 e. The van der Waals surface area contributed by atoms with Crippen LogP contribution in [-0.2, 0) is 28.6 Å². The summed E-state index contributed by atoms with van der Waals surface area (Å²) in [5.41, 5.74) is 0. The van der Waals surface area contributed by atoms with Gasteiger partial charge < -0.3 is 14.2 Å². The molecule has 0 radical (unpaired) electrons. The van der Waals surface area contributed by atoms with Crippen molar-refractivity contribution in [1.82, 2.24) is 0 Å². The number of carbonyl (C=O) groups excluding carboxylic acids is 3. The first-order chi connectivity index (χ1) is 38.0. The highest BCUT2D eigenvalue weighted by Gasteiger charge is 2.19. The molecule has 77 heavy (non-hydrogen) atoms. The van der Waals surface area contributed by atoms with Gasteiger partial charge in [-0.1, -0.05) is 278 Å². The van der Waals surface area contributed by atoms with E-state index in [1.165, 1.54) is 122 Å². The van der Waals surface area contributed by atoms with Crippen molar-refractivity contribution >= 4 is 17.9 Å². The first-order valence-corrected chi connectivity index (χ1v) is 32.4. The Kier molecular flexibility index (Phi) is 61.3. The molecular weight excluding hydrogens is 949 g/mol. The fourth-order valence-corrected chi connectivity index (χ4v) is 8.96. The van der Waals surface area contributed by atoms with E-state index in [1.807, 2.05) is 0 Å². The van der Waals surface area contributed by atoms with Crippen LogP contribution in [0, 0.1) is 0 Å². The number of esters is 3. The van der Waals surface area contributed by atoms with Crippen molar-refractivity contribution in [3.63, 3.8) is 0 Å². The third kappa shape index (κ3) is 62.8. The first-order valence-electron chi connectivity index (χ1n) is 32.4. The maximum absolute atomic E-state index is 12.8. The van der Waals surface area contributed by atoms with Crippen molar-refractivity contribution in [3.8, 4) is 0 Å². The fourth-order valence-electron chi connectivity index (χ4n) is 8.96. The molecule has 6 nitrogen and oxygen atoms in total. The zero-order valence-electron chi connectivity index (χ0n) is 50.4. The number of rotatable bonds is 58. The van der Waals surface area contributed by atoms with E-state index in [1.54, 1.807) is 0 Å². The van der Waals surface area contributed by atoms with E-state index < -0.39 is 6.10 Å². The third-order valence-corrected chi connectivity index (χ3v) is 13.7. The van der Waals surface area contributed by atoms with Crippen LogP contribution in [0.4, 0.5) is 0 Å². The predicted molar refractivity (Wildman–Crippen MR) is 334 cm³/mol. The van der Waals surface area contributed by atoms with Gasteiger partial charge in [0.2, 0.25) is 0 Å². The van der Waals surface area contributed by atoms with Gasteiger partial charge in [0.15, 0.2) is 6.10 Å². The Bertz CT molecular complexity index is 1560. The zero-order chi connectivity index (χ0) is 55.7. The van der Waals surface area contributed by atoms with Crippen LogP contribution < -0.4 is 0 Å². The molecular formula is C71H120O6. The van der Waals surface area contributed by atoms with Gasteiger partial charge in [-0.3, -0.25) is 14.4 Å². The van der Waals surface area contributed by atoms with Crippen molar-refractivity contribution in [2.45, 2.75) is 309 Å². The number of hydrogen-bond donors (Lipinski definition) is 0. The average Bonchev–Trinajstić information content (AvgIpc) is 3.43. The van der Waals surface area contributed by atoms with Gasteiger partial charge in [-0.15, -0.1) is 0 Å². The minimum atomic E-state index is -0.798. The van der Waals surface area contributed by atoms with Gasteiger partial charge in [0.05, 0.1) is 0 Å². The first kappa shape index (κ1) is 73.1. The Morgan fingerprint density at radius 2 is 0.506 bits per heavy atom. The summed E-state index contributed by atoms with van der Waals surface area (Å²) >= 11 is 0. The Morgan fingerprint density at radius 1 is 0.273 bits per heavy atom. The topological polar surface area (TPSA) is 78.9 Å². The zero-order valence-corrected chi connectivity index (χ0v) is 50.4. The quantitative estimate of drug-likeness (QED) is 0.0261. The fraction of sp³-hybridized carbons (Fsp3) is 0.704. The van der Waals surface area contributed by atoms with Crippen LogP contribution in [0.3, 0.4) is 0 Å². The van der Waals surface area contributed by atoms with Crippen LogP contribution in [0.15, 0.2) is 109 Å². The maximum atomic E-state index is 12.8. The molecule has 0 aromatic rings. The number of allylic oxidation sites excluding steroid dienone is 18. The SMILES string of the molecule is CC/C=C\C/C=C\C/C=C\C/C=C\CCCCCCCCCCCCCCCCCCCCCCC(=O)OCC(COC(=O)CCCCCCC/C=C\C/C=C\CCC)OC(=O)CCCCC/C=C\C/C=C\C/C=C\CC. The molecule has 0 aliphatic rings. The van der Waals surface area contributed by atoms with Gasteiger partial charge in [0.25, 0.3) is 0 Å². The van der Waals surface area contributed by atoms with Crippen molar-refractivity contribution in [3.05, 3.63) is 109 Å². The van der Waals surface area contributed by atoms with E-state index in [-0.39, 0.29) is 37.5 Å². The van der Waals surface area contributed by atoms with Crippen LogP contribution in [0.5, 0.6) is 0 Å². The lowest BCUT2D eigenvalue weighted by atomic mass is 10.0. The molecule has 0 bridgehead atoms. The van der Waals surface area contributed by atoms with Gasteiger partial charge in [-0.2, -0.15) is 0 Å². The highest BCUT2D eigenvalue weighted by Crippen LogP contribution is 2.17. The Hall–Kier alpha value is -3.93. The smallest absolute Gasteiger partial charge is 0.306 e. The Balaban J connectivity index is 4.12. The van der Waals surface area contributed by atoms with E-state index in [9.17, 15) is 14.4 Å². The molecule has 0 rings (SSSR count). The number of hydrogen-bond acceptors (Lipinski definition) is 6. The van der Waals surface area contributed by atoms with Gasteiger partial charge in [-0.25, -0.2) is 0 Å². The summed E-state index contributed by atoms with van der Waals surface area (Å²) in [5, 5.41) is 0. The second-order valence-corrected chi connectivity index (χ2v) is 21.3. The largest absolute Gasteiger partial charge is 0.462 e. The molecule has 0 saturated heterocycles. The summed E-state index contributed by atoms with van der Waals surface area (Å²) in [5.74, 6) is -0.930. The second-order valence-electron chi connectivity index (χ2n) is 21.3. The van der Waals surface area contributed by atoms with Crippen molar-refractivity contribution in [1.29, 1.82) is 0 Å². The normalized spacial score (nSPS) is 12.8. The van der Waals surface area contributed by atoms with E-state index in [0.717, 1.165) is 141 Å². The molecule has 0 spiro atoms. The molecule has 6 heteroatoms. The van der Waals surface area contributed by atoms with Crippen molar-refractivity contribution < 1.29 is 28.6 Å². The summed E-state index contributed by atoms with van der Waals surface area (Å²) in [6.45, 7) is 6.33. The number of carbonyl (C=O) groups is 3. The lowest BCUT2D eigenvalue weighted by Crippen LogP contribution is -2.30. The van der Waals surface area contributed by atoms with E-state index in [4.69, 9.17) is 14.2 Å². The van der Waals surface area contributed by atoms with E-state index in [0.29, 0.717) is 12.8 Å². The van der Waals surface area contributed by atoms with Crippen LogP contribution >= 0.6 is 0 Å². The third-order valence-electron chi connectivity index (χ3n) is 13.7. The van der Waals surface area contributed by atoms with Crippen LogP contribution in [0.1, 0.15) is 303 Å². The second kappa shape index (κ2) is 64.6. The summed E-state index contributed by atoms with van der Waals surface area (Å²) in [6, 6.07) is 0. The molecule has 0 saturated carbocycles. The van der Waals surface area contributed by atoms with Crippen LogP contribution in [-0.4, -0.2) is 37.2 Å². The van der Waals surface area contributed by atoms with Gasteiger partial charge in [0.1, 0.15) is 13.2 Å². The molecule has 0 aromatic carbocycles. The van der Waals surface area contributed by atoms with Gasteiger partial charge >= 0.3 is 17.9 Å². The van der Waals surface area contributed by atoms with Gasteiger partial charge in [-0.05, 0) is 116 Å². The molecule has 440 valence electrons. The standard InChI is InChI=1S/C71H120O6/c1-4-7-10-13-16-19-22-25-26-27-28-29-30-31-32-33-34-35-36-37-38-39-40-41-42-43-44-47-49-52-55-58-61-64-70(73)76-67-68(77-71(74)65-62-59-56-53-50-46-24-21-18-15-12-9-6-3)66-75-69(72)63-60-57-54-51-48-45-23-20-17-14-11-8-5-2/h7,9-12,14,16,18-21,23,25-26,28-29,46,50,68H,4-6,8,13,15,17,22,24,27,30-45,47-49,51-67H2,1-3H3/b10-7-,12-9-,14-11-,19-16-,21-18-,23-20-,26-25-,29-28-,50-46-. The van der Waals surface area contributed by atoms with Crippen molar-refractivity contribution in [2.24, 2.45) is 0 Å². The van der Waals surface area contributed by atoms with Crippen molar-refractivity contribution in [2.75, 3.05) is 13.2 Å². The Morgan fingerprint density at radius 3 is 0.805 bits per heavy atom. The van der Waals surface area contributed by atoms with Gasteiger partial charge in [0, 0.05) is 19.3 Å². The lowest BCUT2D eigenvalue weighted by molar-refractivity contribution is -0.167. The average molecular weight is 1070 g/mol. The highest BCUT2D eigenvalue weighted by molar-refractivity contribution is 5.71. The number of ether oxygens (including phenoxy) is 3. The Labute approximate surface area is 476 Å². The molecule has 0 aromatic heterocycles. The minimum absolute atomic E-state index is 0.0925. The molecule has 0 aliphatic heterocycles. The van der Waals surface area contributed by atoms with Crippen LogP contribution in [0.25, 0.3) is 0 Å². The lowest BCUT2D eigenvalue weighted by Gasteiger charge is -2.18. The highest BCUT2D eigenvalue weighted by atomic mass is 16.6. The number of unbranched alkanes of at least 4 members (excludes halogenated alkanes) is 29. The molecule has 0 fully saturated rings. The summed E-state index contributed by atoms with van der Waals surface area (Å²) < 4.78 is 16.8. The molecule has 0 aliphatic carbocycles. The van der Waals surface area contributed by atoms with Crippen LogP contribution in [0.2, 0.25) is 0 Å². The predicted octanol–water partition coefficient (Wildman–Crippen LogP) is 22.2. The molecule has 1 unspecified atom stereocenters. The molecule has 0 amide bonds.